The van der Waals surface area contributed by atoms with Crippen LogP contribution in [0, 0.1) is 0 Å². The molecule has 2 rings (SSSR count). The largest absolute Gasteiger partial charge is 0.491 e. The third-order valence-electron chi connectivity index (χ3n) is 2.72. The Labute approximate surface area is 115 Å². The number of pyridine rings is 1. The molecule has 0 atom stereocenters. The summed E-state index contributed by atoms with van der Waals surface area (Å²) in [5.41, 5.74) is 5.93. The van der Waals surface area contributed by atoms with Gasteiger partial charge in [0.1, 0.15) is 17.9 Å². The highest BCUT2D eigenvalue weighted by Crippen LogP contribution is 2.21. The van der Waals surface area contributed by atoms with Gasteiger partial charge < -0.3 is 20.1 Å². The summed E-state index contributed by atoms with van der Waals surface area (Å²) in [6, 6.07) is 9.19. The molecule has 0 unspecified atom stereocenters. The summed E-state index contributed by atoms with van der Waals surface area (Å²) in [6.07, 6.45) is 1.64. The van der Waals surface area contributed by atoms with Crippen LogP contribution in [0.4, 0.5) is 5.69 Å². The van der Waals surface area contributed by atoms with Gasteiger partial charge in [0.05, 0.1) is 6.54 Å². The van der Waals surface area contributed by atoms with Crippen molar-refractivity contribution in [2.24, 2.45) is 0 Å². The molecule has 104 valence electrons. The number of hydrogen-bond acceptors (Lipinski definition) is 4. The van der Waals surface area contributed by atoms with Gasteiger partial charge in [0, 0.05) is 24.0 Å². The lowest BCUT2D eigenvalue weighted by Gasteiger charge is -2.10. The van der Waals surface area contributed by atoms with E-state index in [-0.39, 0.29) is 23.5 Å². The minimum atomic E-state index is -1.09. The normalized spacial score (nSPS) is 10.2. The molecule has 6 nitrogen and oxygen atoms in total. The summed E-state index contributed by atoms with van der Waals surface area (Å²) < 4.78 is 6.90. The van der Waals surface area contributed by atoms with Crippen LogP contribution in [0.25, 0.3) is 0 Å². The van der Waals surface area contributed by atoms with E-state index in [1.54, 1.807) is 18.3 Å². The summed E-state index contributed by atoms with van der Waals surface area (Å²) >= 11 is 0. The SMILES string of the molecule is Nc1ccc(C(=O)O)c(OCCn2ccccc2=O)c1. The number of carboxylic acids is 1. The van der Waals surface area contributed by atoms with Gasteiger partial charge in [0.15, 0.2) is 0 Å². The third kappa shape index (κ3) is 3.17. The number of rotatable bonds is 5. The molecule has 0 aliphatic carbocycles. The van der Waals surface area contributed by atoms with Crippen LogP contribution in [0.3, 0.4) is 0 Å². The molecule has 1 aromatic carbocycles. The number of benzene rings is 1. The number of carbonyl (C=O) groups is 1. The number of nitrogen functional groups attached to an aromatic ring is 1. The molecule has 0 saturated heterocycles. The van der Waals surface area contributed by atoms with E-state index in [9.17, 15) is 9.59 Å². The number of aromatic carboxylic acids is 1. The average molecular weight is 274 g/mol. The van der Waals surface area contributed by atoms with Crippen LogP contribution in [0.1, 0.15) is 10.4 Å². The van der Waals surface area contributed by atoms with Crippen molar-refractivity contribution in [1.82, 2.24) is 4.57 Å². The van der Waals surface area contributed by atoms with Crippen molar-refractivity contribution in [2.45, 2.75) is 6.54 Å². The fraction of sp³-hybridized carbons (Fsp3) is 0.143. The molecular formula is C14H14N2O4. The first kappa shape index (κ1) is 13.7. The lowest BCUT2D eigenvalue weighted by molar-refractivity contribution is 0.0692. The van der Waals surface area contributed by atoms with Crippen LogP contribution < -0.4 is 16.0 Å². The summed E-state index contributed by atoms with van der Waals surface area (Å²) in [5.74, 6) is -0.890. The maximum Gasteiger partial charge on any atom is 0.339 e. The maximum atomic E-state index is 11.5. The van der Waals surface area contributed by atoms with Crippen LogP contribution >= 0.6 is 0 Å². The number of hydrogen-bond donors (Lipinski definition) is 2. The van der Waals surface area contributed by atoms with Gasteiger partial charge in [-0.05, 0) is 18.2 Å². The van der Waals surface area contributed by atoms with E-state index in [1.165, 1.54) is 28.8 Å². The standard InChI is InChI=1S/C14H14N2O4/c15-10-4-5-11(14(18)19)12(9-10)20-8-7-16-6-2-1-3-13(16)17/h1-6,9H,7-8,15H2,(H,18,19). The Morgan fingerprint density at radius 1 is 1.30 bits per heavy atom. The van der Waals surface area contributed by atoms with Crippen LogP contribution in [0.15, 0.2) is 47.4 Å². The van der Waals surface area contributed by atoms with Crippen LogP contribution in [-0.4, -0.2) is 22.2 Å². The van der Waals surface area contributed by atoms with Gasteiger partial charge in [-0.15, -0.1) is 0 Å². The van der Waals surface area contributed by atoms with Crippen molar-refractivity contribution in [3.8, 4) is 5.75 Å². The molecule has 0 spiro atoms. The Balaban J connectivity index is 2.08. The first-order chi connectivity index (χ1) is 9.58. The van der Waals surface area contributed by atoms with E-state index in [1.807, 2.05) is 0 Å². The lowest BCUT2D eigenvalue weighted by Crippen LogP contribution is -2.21. The molecule has 1 heterocycles. The van der Waals surface area contributed by atoms with Crippen molar-refractivity contribution >= 4 is 11.7 Å². The molecule has 0 radical (unpaired) electrons. The van der Waals surface area contributed by atoms with Gasteiger partial charge in [-0.25, -0.2) is 4.79 Å². The molecule has 1 aromatic heterocycles. The quantitative estimate of drug-likeness (QED) is 0.799. The van der Waals surface area contributed by atoms with E-state index in [4.69, 9.17) is 15.6 Å². The van der Waals surface area contributed by atoms with Crippen LogP contribution in [-0.2, 0) is 6.54 Å². The molecular weight excluding hydrogens is 260 g/mol. The Morgan fingerprint density at radius 3 is 2.80 bits per heavy atom. The Bertz CT molecular complexity index is 679. The molecule has 0 saturated carbocycles. The number of nitrogens with zero attached hydrogens (tertiary/aromatic N) is 1. The second kappa shape index (κ2) is 5.92. The van der Waals surface area contributed by atoms with Crippen molar-refractivity contribution in [1.29, 1.82) is 0 Å². The maximum absolute atomic E-state index is 11.5. The van der Waals surface area contributed by atoms with E-state index in [0.717, 1.165) is 0 Å². The first-order valence-corrected chi connectivity index (χ1v) is 5.99. The minimum Gasteiger partial charge on any atom is -0.491 e. The van der Waals surface area contributed by atoms with Crippen LogP contribution in [0.5, 0.6) is 5.75 Å². The van der Waals surface area contributed by atoms with Crippen molar-refractivity contribution in [3.63, 3.8) is 0 Å². The molecule has 0 amide bonds. The Kier molecular flexibility index (Phi) is 4.05. The summed E-state index contributed by atoms with van der Waals surface area (Å²) in [4.78, 5) is 22.5. The second-order valence-electron chi connectivity index (χ2n) is 4.14. The second-order valence-corrected chi connectivity index (χ2v) is 4.14. The Hall–Kier alpha value is -2.76. The molecule has 0 bridgehead atoms. The lowest BCUT2D eigenvalue weighted by atomic mass is 10.2. The average Bonchev–Trinajstić information content (AvgIpc) is 2.41. The smallest absolute Gasteiger partial charge is 0.339 e. The number of nitrogens with two attached hydrogens (primary N) is 1. The van der Waals surface area contributed by atoms with E-state index < -0.39 is 5.97 Å². The van der Waals surface area contributed by atoms with Crippen molar-refractivity contribution in [3.05, 3.63) is 58.5 Å². The zero-order valence-corrected chi connectivity index (χ0v) is 10.7. The number of ether oxygens (including phenoxy) is 1. The number of anilines is 1. The van der Waals surface area contributed by atoms with Crippen molar-refractivity contribution in [2.75, 3.05) is 12.3 Å². The Morgan fingerprint density at radius 2 is 2.10 bits per heavy atom. The highest BCUT2D eigenvalue weighted by molar-refractivity contribution is 5.91. The highest BCUT2D eigenvalue weighted by Gasteiger charge is 2.11. The van der Waals surface area contributed by atoms with Gasteiger partial charge in [-0.1, -0.05) is 6.07 Å². The molecule has 6 heteroatoms. The van der Waals surface area contributed by atoms with Gasteiger partial charge in [0.2, 0.25) is 0 Å². The zero-order valence-electron chi connectivity index (χ0n) is 10.7. The first-order valence-electron chi connectivity index (χ1n) is 5.99. The van der Waals surface area contributed by atoms with E-state index >= 15 is 0 Å². The third-order valence-corrected chi connectivity index (χ3v) is 2.72. The molecule has 0 aliphatic heterocycles. The molecule has 20 heavy (non-hydrogen) atoms. The summed E-state index contributed by atoms with van der Waals surface area (Å²) in [7, 11) is 0. The molecule has 0 fully saturated rings. The van der Waals surface area contributed by atoms with Gasteiger partial charge >= 0.3 is 5.97 Å². The highest BCUT2D eigenvalue weighted by atomic mass is 16.5. The van der Waals surface area contributed by atoms with Gasteiger partial charge in [0.25, 0.3) is 5.56 Å². The molecule has 3 N–H and O–H groups in total. The predicted molar refractivity (Wildman–Crippen MR) is 74.0 cm³/mol. The van der Waals surface area contributed by atoms with Crippen molar-refractivity contribution < 1.29 is 14.6 Å². The number of carboxylic acid groups (broad SMARTS) is 1. The van der Waals surface area contributed by atoms with E-state index in [2.05, 4.69) is 0 Å². The summed E-state index contributed by atoms with van der Waals surface area (Å²) in [5, 5.41) is 9.04. The van der Waals surface area contributed by atoms with E-state index in [0.29, 0.717) is 12.2 Å². The molecule has 2 aromatic rings. The van der Waals surface area contributed by atoms with Crippen LogP contribution in [0.2, 0.25) is 0 Å². The number of aromatic nitrogens is 1. The topological polar surface area (TPSA) is 94.6 Å². The zero-order chi connectivity index (χ0) is 14.5. The fourth-order valence-electron chi connectivity index (χ4n) is 1.73. The summed E-state index contributed by atoms with van der Waals surface area (Å²) in [6.45, 7) is 0.501. The van der Waals surface area contributed by atoms with Gasteiger partial charge in [-0.3, -0.25) is 4.79 Å². The molecule has 0 aliphatic rings. The minimum absolute atomic E-state index is 0.0413. The monoisotopic (exact) mass is 274 g/mol. The predicted octanol–water partition coefficient (Wildman–Crippen LogP) is 1.21. The van der Waals surface area contributed by atoms with Gasteiger partial charge in [-0.2, -0.15) is 0 Å². The fourth-order valence-corrected chi connectivity index (χ4v) is 1.73.